The Labute approximate surface area is 152 Å². The molecule has 4 fully saturated rings. The van der Waals surface area contributed by atoms with Crippen molar-refractivity contribution >= 4 is 5.78 Å². The van der Waals surface area contributed by atoms with Crippen LogP contribution in [0.3, 0.4) is 0 Å². The normalized spacial score (nSPS) is 58.2. The van der Waals surface area contributed by atoms with Gasteiger partial charge in [0.15, 0.2) is 5.78 Å². The molecule has 0 aromatic carbocycles. The average Bonchev–Trinajstić information content (AvgIpc) is 2.77. The number of fused-ring (bicyclic) bond motifs is 5. The largest absolute Gasteiger partial charge is 0.393 e. The lowest BCUT2D eigenvalue weighted by Crippen LogP contribution is -2.59. The molecule has 0 heterocycles. The van der Waals surface area contributed by atoms with E-state index in [0.717, 1.165) is 38.5 Å². The molecular weight excluding hydrogens is 312 g/mol. The molecule has 0 bridgehead atoms. The quantitative estimate of drug-likeness (QED) is 0.754. The Bertz CT molecular complexity index is 574. The lowest BCUT2D eigenvalue weighted by molar-refractivity contribution is -0.175. The fourth-order valence-electron chi connectivity index (χ4n) is 8.33. The zero-order chi connectivity index (χ0) is 18.2. The van der Waals surface area contributed by atoms with E-state index in [0.29, 0.717) is 29.1 Å². The van der Waals surface area contributed by atoms with Crippen molar-refractivity contribution in [3.63, 3.8) is 0 Å². The van der Waals surface area contributed by atoms with Gasteiger partial charge in [0.2, 0.25) is 0 Å². The van der Waals surface area contributed by atoms with Gasteiger partial charge in [-0.25, -0.2) is 0 Å². The van der Waals surface area contributed by atoms with E-state index in [1.54, 1.807) is 6.92 Å². The van der Waals surface area contributed by atoms with Crippen molar-refractivity contribution in [2.75, 3.05) is 0 Å². The average molecular weight is 349 g/mol. The third kappa shape index (κ3) is 2.15. The summed E-state index contributed by atoms with van der Waals surface area (Å²) in [5.74, 6) is 2.53. The van der Waals surface area contributed by atoms with Crippen LogP contribution in [0.1, 0.15) is 79.1 Å². The van der Waals surface area contributed by atoms with Gasteiger partial charge >= 0.3 is 0 Å². The molecule has 0 amide bonds. The minimum atomic E-state index is -1.14. The van der Waals surface area contributed by atoms with Gasteiger partial charge < -0.3 is 10.2 Å². The van der Waals surface area contributed by atoms with E-state index in [1.165, 1.54) is 12.8 Å². The van der Waals surface area contributed by atoms with Crippen LogP contribution in [-0.2, 0) is 4.79 Å². The van der Waals surface area contributed by atoms with Crippen molar-refractivity contribution in [2.24, 2.45) is 40.4 Å². The molecular formula is C22H36O3. The minimum Gasteiger partial charge on any atom is -0.393 e. The Morgan fingerprint density at radius 1 is 1.00 bits per heavy atom. The van der Waals surface area contributed by atoms with Crippen LogP contribution in [0.2, 0.25) is 0 Å². The van der Waals surface area contributed by atoms with Gasteiger partial charge in [0.1, 0.15) is 5.60 Å². The smallest absolute Gasteiger partial charge is 0.162 e. The summed E-state index contributed by atoms with van der Waals surface area (Å²) in [5.41, 5.74) is -1.04. The van der Waals surface area contributed by atoms with Crippen LogP contribution in [0.25, 0.3) is 0 Å². The second kappa shape index (κ2) is 5.55. The molecule has 0 radical (unpaired) electrons. The Hall–Kier alpha value is -0.410. The maximum atomic E-state index is 12.4. The first-order valence-corrected chi connectivity index (χ1v) is 10.6. The van der Waals surface area contributed by atoms with Crippen molar-refractivity contribution < 1.29 is 15.0 Å². The van der Waals surface area contributed by atoms with Gasteiger partial charge in [0.05, 0.1) is 6.10 Å². The molecule has 4 rings (SSSR count). The van der Waals surface area contributed by atoms with E-state index in [9.17, 15) is 15.0 Å². The molecule has 8 unspecified atom stereocenters. The number of hydrogen-bond acceptors (Lipinski definition) is 3. The van der Waals surface area contributed by atoms with Gasteiger partial charge in [-0.2, -0.15) is 0 Å². The van der Waals surface area contributed by atoms with Crippen LogP contribution in [0, 0.1) is 40.4 Å². The van der Waals surface area contributed by atoms with Crippen molar-refractivity contribution in [3.05, 3.63) is 0 Å². The van der Waals surface area contributed by atoms with Gasteiger partial charge in [-0.15, -0.1) is 0 Å². The topological polar surface area (TPSA) is 57.5 Å². The van der Waals surface area contributed by atoms with Crippen LogP contribution in [0.4, 0.5) is 0 Å². The molecule has 4 aliphatic rings. The number of Topliss-reactive ketones (excluding diaryl/α,β-unsaturated/α-hetero) is 1. The zero-order valence-electron chi connectivity index (χ0n) is 16.4. The van der Waals surface area contributed by atoms with Gasteiger partial charge in [-0.1, -0.05) is 20.8 Å². The van der Waals surface area contributed by atoms with E-state index in [2.05, 4.69) is 20.8 Å². The number of ketones is 1. The molecule has 2 N–H and O–H groups in total. The summed E-state index contributed by atoms with van der Waals surface area (Å²) in [6, 6.07) is 0. The lowest BCUT2D eigenvalue weighted by atomic mass is 9.44. The molecule has 0 aromatic heterocycles. The Kier molecular flexibility index (Phi) is 3.99. The van der Waals surface area contributed by atoms with Crippen LogP contribution < -0.4 is 0 Å². The summed E-state index contributed by atoms with van der Waals surface area (Å²) in [6.45, 7) is 8.37. The van der Waals surface area contributed by atoms with Gasteiger partial charge in [0.25, 0.3) is 0 Å². The first-order valence-electron chi connectivity index (χ1n) is 10.6. The third-order valence-corrected chi connectivity index (χ3v) is 9.76. The first kappa shape index (κ1) is 18.0. The number of aliphatic hydroxyl groups is 2. The Morgan fingerprint density at radius 2 is 1.72 bits per heavy atom. The van der Waals surface area contributed by atoms with E-state index in [4.69, 9.17) is 0 Å². The minimum absolute atomic E-state index is 0.0239. The summed E-state index contributed by atoms with van der Waals surface area (Å²) in [6.07, 6.45) is 8.53. The highest BCUT2D eigenvalue weighted by molar-refractivity contribution is 5.86. The van der Waals surface area contributed by atoms with E-state index in [-0.39, 0.29) is 23.2 Å². The summed E-state index contributed by atoms with van der Waals surface area (Å²) in [4.78, 5) is 12.4. The maximum absolute atomic E-state index is 12.4. The highest BCUT2D eigenvalue weighted by atomic mass is 16.3. The van der Waals surface area contributed by atoms with Crippen molar-refractivity contribution in [1.29, 1.82) is 0 Å². The highest BCUT2D eigenvalue weighted by Gasteiger charge is 2.68. The first-order chi connectivity index (χ1) is 11.6. The second-order valence-corrected chi connectivity index (χ2v) is 10.5. The summed E-state index contributed by atoms with van der Waals surface area (Å²) in [7, 11) is 0. The van der Waals surface area contributed by atoms with Crippen molar-refractivity contribution in [3.8, 4) is 0 Å². The predicted molar refractivity (Wildman–Crippen MR) is 97.9 cm³/mol. The predicted octanol–water partition coefficient (Wildman–Crippen LogP) is 3.96. The summed E-state index contributed by atoms with van der Waals surface area (Å²) >= 11 is 0. The second-order valence-electron chi connectivity index (χ2n) is 10.5. The van der Waals surface area contributed by atoms with Crippen LogP contribution in [0.15, 0.2) is 0 Å². The molecule has 0 aliphatic heterocycles. The summed E-state index contributed by atoms with van der Waals surface area (Å²) in [5, 5.41) is 21.6. The van der Waals surface area contributed by atoms with Crippen LogP contribution in [-0.4, -0.2) is 27.7 Å². The standard InChI is InChI=1S/C22H36O3/c1-13-11-19-17-6-5-15-12-16(24)7-9-20(15,3)18(17)8-10-21(19,4)22(13,25)14(2)23/h13,15-19,24-25H,5-12H2,1-4H3/t13?,15?,16-,17?,18?,19?,20?,21?,22?/m0/s1. The highest BCUT2D eigenvalue weighted by Crippen LogP contribution is 2.69. The monoisotopic (exact) mass is 348 g/mol. The molecule has 0 spiro atoms. The van der Waals surface area contributed by atoms with Crippen LogP contribution >= 0.6 is 0 Å². The van der Waals surface area contributed by atoms with Gasteiger partial charge in [0, 0.05) is 5.41 Å². The van der Waals surface area contributed by atoms with E-state index >= 15 is 0 Å². The molecule has 3 nitrogen and oxygen atoms in total. The molecule has 25 heavy (non-hydrogen) atoms. The number of hydrogen-bond donors (Lipinski definition) is 2. The third-order valence-electron chi connectivity index (χ3n) is 9.76. The lowest BCUT2D eigenvalue weighted by Gasteiger charge is -2.61. The molecule has 0 saturated heterocycles. The number of carbonyl (C=O) groups excluding carboxylic acids is 1. The number of rotatable bonds is 1. The van der Waals surface area contributed by atoms with E-state index in [1.807, 2.05) is 0 Å². The molecule has 142 valence electrons. The zero-order valence-corrected chi connectivity index (χ0v) is 16.4. The van der Waals surface area contributed by atoms with Crippen molar-refractivity contribution in [2.45, 2.75) is 90.8 Å². The number of carbonyl (C=O) groups is 1. The van der Waals surface area contributed by atoms with Gasteiger partial charge in [-0.05, 0) is 93.3 Å². The Balaban J connectivity index is 1.67. The molecule has 0 aromatic rings. The van der Waals surface area contributed by atoms with E-state index < -0.39 is 5.60 Å². The van der Waals surface area contributed by atoms with Crippen LogP contribution in [0.5, 0.6) is 0 Å². The van der Waals surface area contributed by atoms with Crippen molar-refractivity contribution in [1.82, 2.24) is 0 Å². The number of aliphatic hydroxyl groups excluding tert-OH is 1. The summed E-state index contributed by atoms with van der Waals surface area (Å²) < 4.78 is 0. The Morgan fingerprint density at radius 3 is 2.40 bits per heavy atom. The molecule has 9 atom stereocenters. The molecule has 4 saturated carbocycles. The fraction of sp³-hybridized carbons (Fsp3) is 0.955. The fourth-order valence-corrected chi connectivity index (χ4v) is 8.33. The maximum Gasteiger partial charge on any atom is 0.162 e. The SMILES string of the molecule is CC(=O)C1(O)C(C)CC2C3CCC4C[C@@H](O)CCC4(C)C3CCC21C. The molecule has 3 heteroatoms. The molecule has 4 aliphatic carbocycles. The van der Waals surface area contributed by atoms with Gasteiger partial charge in [-0.3, -0.25) is 4.79 Å².